The second-order valence-electron chi connectivity index (χ2n) is 5.28. The lowest BCUT2D eigenvalue weighted by atomic mass is 10.2. The third-order valence-corrected chi connectivity index (χ3v) is 3.97. The Hall–Kier alpha value is -1.49. The van der Waals surface area contributed by atoms with Gasteiger partial charge in [0.25, 0.3) is 0 Å². The summed E-state index contributed by atoms with van der Waals surface area (Å²) in [5.41, 5.74) is 0. The van der Waals surface area contributed by atoms with Crippen molar-refractivity contribution >= 4 is 5.96 Å². The van der Waals surface area contributed by atoms with Crippen molar-refractivity contribution < 1.29 is 4.42 Å². The molecule has 0 aliphatic carbocycles. The molecule has 1 aromatic heterocycles. The summed E-state index contributed by atoms with van der Waals surface area (Å²) in [6.07, 6.45) is 4.34. The molecule has 1 fully saturated rings. The Balaban J connectivity index is 1.65. The number of rotatable bonds is 4. The van der Waals surface area contributed by atoms with Crippen molar-refractivity contribution in [1.82, 2.24) is 15.1 Å². The van der Waals surface area contributed by atoms with E-state index in [-0.39, 0.29) is 0 Å². The molecule has 1 unspecified atom stereocenters. The highest BCUT2D eigenvalue weighted by molar-refractivity contribution is 5.81. The summed E-state index contributed by atoms with van der Waals surface area (Å²) in [7, 11) is 2.08. The second kappa shape index (κ2) is 5.65. The largest absolute Gasteiger partial charge is 0.468 e. The molecule has 0 saturated carbocycles. The fourth-order valence-corrected chi connectivity index (χ4v) is 2.86. The van der Waals surface area contributed by atoms with Crippen LogP contribution in [0.1, 0.15) is 24.6 Å². The van der Waals surface area contributed by atoms with Crippen LogP contribution in [0.4, 0.5) is 0 Å². The lowest BCUT2D eigenvalue weighted by molar-refractivity contribution is 0.214. The third-order valence-electron chi connectivity index (χ3n) is 3.97. The van der Waals surface area contributed by atoms with Gasteiger partial charge in [0, 0.05) is 20.1 Å². The van der Waals surface area contributed by atoms with Crippen LogP contribution < -0.4 is 5.32 Å². The monoisotopic (exact) mass is 262 g/mol. The predicted octanol–water partition coefficient (Wildman–Crippen LogP) is 1.31. The van der Waals surface area contributed by atoms with Crippen LogP contribution in [0.5, 0.6) is 0 Å². The first-order valence-corrected chi connectivity index (χ1v) is 7.11. The van der Waals surface area contributed by atoms with Crippen LogP contribution in [0.25, 0.3) is 0 Å². The Morgan fingerprint density at radius 1 is 1.37 bits per heavy atom. The molecule has 0 spiro atoms. The van der Waals surface area contributed by atoms with Crippen molar-refractivity contribution in [3.8, 4) is 0 Å². The first-order chi connectivity index (χ1) is 9.34. The molecule has 1 N–H and O–H groups in total. The van der Waals surface area contributed by atoms with Gasteiger partial charge in [-0.05, 0) is 38.1 Å². The van der Waals surface area contributed by atoms with E-state index in [0.29, 0.717) is 6.04 Å². The Morgan fingerprint density at radius 2 is 2.21 bits per heavy atom. The van der Waals surface area contributed by atoms with E-state index in [1.807, 2.05) is 6.07 Å². The van der Waals surface area contributed by atoms with Crippen molar-refractivity contribution in [3.63, 3.8) is 0 Å². The smallest absolute Gasteiger partial charge is 0.193 e. The average Bonchev–Trinajstić information content (AvgIpc) is 3.13. The quantitative estimate of drug-likeness (QED) is 0.888. The van der Waals surface area contributed by atoms with Gasteiger partial charge in [0.2, 0.25) is 0 Å². The number of likely N-dealkylation sites (N-methyl/N-ethyl adjacent to an activating group) is 1. The predicted molar refractivity (Wildman–Crippen MR) is 75.2 cm³/mol. The molecule has 0 aromatic carbocycles. The van der Waals surface area contributed by atoms with E-state index < -0.39 is 0 Å². The van der Waals surface area contributed by atoms with Crippen molar-refractivity contribution in [2.24, 2.45) is 4.99 Å². The zero-order chi connectivity index (χ0) is 13.1. The highest BCUT2D eigenvalue weighted by atomic mass is 16.3. The highest BCUT2D eigenvalue weighted by Gasteiger charge is 2.26. The summed E-state index contributed by atoms with van der Waals surface area (Å²) in [4.78, 5) is 9.15. The topological polar surface area (TPSA) is 44.0 Å². The summed E-state index contributed by atoms with van der Waals surface area (Å²) in [6, 6.07) is 4.36. The fourth-order valence-electron chi connectivity index (χ4n) is 2.86. The lowest BCUT2D eigenvalue weighted by Crippen LogP contribution is -2.41. The van der Waals surface area contributed by atoms with Crippen LogP contribution in [0.3, 0.4) is 0 Å². The maximum Gasteiger partial charge on any atom is 0.193 e. The Morgan fingerprint density at radius 3 is 2.84 bits per heavy atom. The van der Waals surface area contributed by atoms with E-state index in [4.69, 9.17) is 4.42 Å². The van der Waals surface area contributed by atoms with Gasteiger partial charge >= 0.3 is 0 Å². The van der Waals surface area contributed by atoms with Crippen LogP contribution in [-0.4, -0.2) is 55.5 Å². The number of hydrogen-bond acceptors (Lipinski definition) is 5. The zero-order valence-electron chi connectivity index (χ0n) is 11.5. The molecule has 5 heteroatoms. The standard InChI is InChI=1S/C14H22N4O/c1-17-9-6-15-14(17)16-11-12(13-5-4-10-19-13)18-7-2-3-8-18/h4-5,10,12H,2-3,6-9,11H2,1H3,(H,15,16). The molecule has 1 saturated heterocycles. The highest BCUT2D eigenvalue weighted by Crippen LogP contribution is 2.24. The van der Waals surface area contributed by atoms with E-state index in [1.165, 1.54) is 12.8 Å². The van der Waals surface area contributed by atoms with E-state index in [2.05, 4.69) is 33.2 Å². The molecule has 2 aliphatic rings. The van der Waals surface area contributed by atoms with Gasteiger partial charge in [-0.15, -0.1) is 0 Å². The zero-order valence-corrected chi connectivity index (χ0v) is 11.5. The summed E-state index contributed by atoms with van der Waals surface area (Å²) in [6.45, 7) is 5.09. The van der Waals surface area contributed by atoms with Crippen LogP contribution in [0.2, 0.25) is 0 Å². The van der Waals surface area contributed by atoms with Gasteiger partial charge in [0.15, 0.2) is 5.96 Å². The van der Waals surface area contributed by atoms with Crippen LogP contribution in [0.15, 0.2) is 27.8 Å². The van der Waals surface area contributed by atoms with Crippen LogP contribution in [0, 0.1) is 0 Å². The minimum Gasteiger partial charge on any atom is -0.468 e. The SMILES string of the molecule is CN1CCN=C1NCC(c1ccco1)N1CCCC1. The number of aliphatic imine (C=N–C) groups is 1. The van der Waals surface area contributed by atoms with Crippen molar-refractivity contribution in [2.75, 3.05) is 39.8 Å². The first-order valence-electron chi connectivity index (χ1n) is 7.11. The molecule has 2 aliphatic heterocycles. The maximum atomic E-state index is 5.61. The van der Waals surface area contributed by atoms with Gasteiger partial charge in [-0.2, -0.15) is 0 Å². The van der Waals surface area contributed by atoms with Gasteiger partial charge < -0.3 is 14.6 Å². The van der Waals surface area contributed by atoms with E-state index in [9.17, 15) is 0 Å². The third kappa shape index (κ3) is 2.76. The summed E-state index contributed by atoms with van der Waals surface area (Å²) < 4.78 is 5.61. The van der Waals surface area contributed by atoms with E-state index in [0.717, 1.165) is 44.4 Å². The van der Waals surface area contributed by atoms with Crippen molar-refractivity contribution in [2.45, 2.75) is 18.9 Å². The normalized spacial score (nSPS) is 21.7. The fraction of sp³-hybridized carbons (Fsp3) is 0.643. The number of nitrogens with zero attached hydrogens (tertiary/aromatic N) is 3. The molecule has 1 aromatic rings. The van der Waals surface area contributed by atoms with E-state index >= 15 is 0 Å². The molecular formula is C14H22N4O. The average molecular weight is 262 g/mol. The summed E-state index contributed by atoms with van der Waals surface area (Å²) in [5.74, 6) is 2.06. The minimum absolute atomic E-state index is 0.314. The minimum atomic E-state index is 0.314. The van der Waals surface area contributed by atoms with Gasteiger partial charge in [-0.3, -0.25) is 9.89 Å². The van der Waals surface area contributed by atoms with Gasteiger partial charge in [0.05, 0.1) is 18.8 Å². The second-order valence-corrected chi connectivity index (χ2v) is 5.28. The Labute approximate surface area is 114 Å². The van der Waals surface area contributed by atoms with Crippen molar-refractivity contribution in [1.29, 1.82) is 0 Å². The number of hydrogen-bond donors (Lipinski definition) is 1. The number of nitrogens with one attached hydrogen (secondary N) is 1. The molecule has 0 bridgehead atoms. The molecule has 0 amide bonds. The van der Waals surface area contributed by atoms with Gasteiger partial charge in [-0.25, -0.2) is 0 Å². The molecular weight excluding hydrogens is 240 g/mol. The Kier molecular flexibility index (Phi) is 3.73. The number of furan rings is 1. The molecule has 0 radical (unpaired) electrons. The van der Waals surface area contributed by atoms with Gasteiger partial charge in [-0.1, -0.05) is 0 Å². The maximum absolute atomic E-state index is 5.61. The first kappa shape index (κ1) is 12.5. The van der Waals surface area contributed by atoms with E-state index in [1.54, 1.807) is 6.26 Å². The molecule has 1 atom stereocenters. The Bertz CT molecular complexity index is 423. The molecule has 5 nitrogen and oxygen atoms in total. The van der Waals surface area contributed by atoms with Crippen LogP contribution >= 0.6 is 0 Å². The van der Waals surface area contributed by atoms with Crippen molar-refractivity contribution in [3.05, 3.63) is 24.2 Å². The number of guanidine groups is 1. The summed E-state index contributed by atoms with van der Waals surface area (Å²) in [5, 5.41) is 3.47. The molecule has 104 valence electrons. The molecule has 19 heavy (non-hydrogen) atoms. The summed E-state index contributed by atoms with van der Waals surface area (Å²) >= 11 is 0. The lowest BCUT2D eigenvalue weighted by Gasteiger charge is -2.27. The van der Waals surface area contributed by atoms with Gasteiger partial charge in [0.1, 0.15) is 5.76 Å². The molecule has 3 heterocycles. The number of likely N-dealkylation sites (tertiary alicyclic amines) is 1. The molecule has 3 rings (SSSR count). The van der Waals surface area contributed by atoms with Crippen LogP contribution in [-0.2, 0) is 0 Å².